The van der Waals surface area contributed by atoms with E-state index in [0.717, 1.165) is 53.9 Å². The normalized spacial score (nSPS) is 14.0. The standard InChI is InChI=1S/C23H28N2O2S/c1-17-8-6-9-18(2)22(17)24-21(26)16-28-15-19-10-7-11-20(14-19)23(27)25-12-4-3-5-13-25/h6-11,14H,3-5,12-13,15-16H2,1-2H3,(H,24,26). The van der Waals surface area contributed by atoms with Gasteiger partial charge in [0.2, 0.25) is 5.91 Å². The molecule has 1 saturated heterocycles. The maximum Gasteiger partial charge on any atom is 0.253 e. The number of rotatable bonds is 6. The van der Waals surface area contributed by atoms with Gasteiger partial charge in [-0.05, 0) is 61.9 Å². The monoisotopic (exact) mass is 396 g/mol. The van der Waals surface area contributed by atoms with Gasteiger partial charge in [0.1, 0.15) is 0 Å². The number of nitrogens with zero attached hydrogens (tertiary/aromatic N) is 1. The van der Waals surface area contributed by atoms with Crippen LogP contribution < -0.4 is 5.32 Å². The Bertz CT molecular complexity index is 824. The van der Waals surface area contributed by atoms with E-state index in [1.54, 1.807) is 11.8 Å². The molecule has 0 aromatic heterocycles. The Morgan fingerprint density at radius 2 is 1.68 bits per heavy atom. The number of carbonyl (C=O) groups is 2. The van der Waals surface area contributed by atoms with E-state index in [9.17, 15) is 9.59 Å². The molecule has 5 heteroatoms. The van der Waals surface area contributed by atoms with Gasteiger partial charge in [-0.3, -0.25) is 9.59 Å². The van der Waals surface area contributed by atoms with Gasteiger partial charge in [0.15, 0.2) is 0 Å². The highest BCUT2D eigenvalue weighted by Gasteiger charge is 2.18. The van der Waals surface area contributed by atoms with Crippen LogP contribution in [0.5, 0.6) is 0 Å². The van der Waals surface area contributed by atoms with Gasteiger partial charge in [-0.2, -0.15) is 0 Å². The average molecular weight is 397 g/mol. The minimum absolute atomic E-state index is 0.00273. The highest BCUT2D eigenvalue weighted by atomic mass is 32.2. The van der Waals surface area contributed by atoms with Crippen LogP contribution in [0.3, 0.4) is 0 Å². The van der Waals surface area contributed by atoms with Crippen LogP contribution >= 0.6 is 11.8 Å². The van der Waals surface area contributed by atoms with Crippen molar-refractivity contribution in [2.45, 2.75) is 38.9 Å². The Labute approximate surface area is 171 Å². The second kappa shape index (κ2) is 9.78. The lowest BCUT2D eigenvalue weighted by atomic mass is 10.1. The third-order valence-corrected chi connectivity index (χ3v) is 6.07. The number of nitrogens with one attached hydrogen (secondary N) is 1. The summed E-state index contributed by atoms with van der Waals surface area (Å²) in [6.45, 7) is 5.72. The molecule has 28 heavy (non-hydrogen) atoms. The molecule has 2 aromatic rings. The van der Waals surface area contributed by atoms with Crippen molar-refractivity contribution in [3.63, 3.8) is 0 Å². The molecule has 0 radical (unpaired) electrons. The lowest BCUT2D eigenvalue weighted by Crippen LogP contribution is -2.35. The Hall–Kier alpha value is -2.27. The summed E-state index contributed by atoms with van der Waals surface area (Å²) in [6, 6.07) is 13.8. The highest BCUT2D eigenvalue weighted by Crippen LogP contribution is 2.21. The average Bonchev–Trinajstić information content (AvgIpc) is 2.71. The number of anilines is 1. The maximum absolute atomic E-state index is 12.7. The third-order valence-electron chi connectivity index (χ3n) is 5.06. The van der Waals surface area contributed by atoms with Gasteiger partial charge in [0, 0.05) is 30.1 Å². The van der Waals surface area contributed by atoms with Crippen molar-refractivity contribution < 1.29 is 9.59 Å². The van der Waals surface area contributed by atoms with Crippen LogP contribution in [0.1, 0.15) is 46.3 Å². The van der Waals surface area contributed by atoms with Gasteiger partial charge in [-0.25, -0.2) is 0 Å². The molecule has 0 aliphatic carbocycles. The second-order valence-electron chi connectivity index (χ2n) is 7.36. The molecule has 0 unspecified atom stereocenters. The predicted octanol–water partition coefficient (Wildman–Crippen LogP) is 4.80. The van der Waals surface area contributed by atoms with Crippen LogP contribution in [0.4, 0.5) is 5.69 Å². The summed E-state index contributed by atoms with van der Waals surface area (Å²) in [5.74, 6) is 1.22. The SMILES string of the molecule is Cc1cccc(C)c1NC(=O)CSCc1cccc(C(=O)N2CCCCC2)c1. The molecule has 148 valence electrons. The summed E-state index contributed by atoms with van der Waals surface area (Å²) in [7, 11) is 0. The molecule has 1 fully saturated rings. The molecule has 4 nitrogen and oxygen atoms in total. The van der Waals surface area contributed by atoms with Gasteiger partial charge in [-0.15, -0.1) is 11.8 Å². The molecule has 1 N–H and O–H groups in total. The Kier molecular flexibility index (Phi) is 7.15. The Morgan fingerprint density at radius 3 is 2.39 bits per heavy atom. The zero-order chi connectivity index (χ0) is 19.9. The smallest absolute Gasteiger partial charge is 0.253 e. The quantitative estimate of drug-likeness (QED) is 0.763. The van der Waals surface area contributed by atoms with E-state index in [2.05, 4.69) is 5.32 Å². The molecule has 1 heterocycles. The van der Waals surface area contributed by atoms with E-state index >= 15 is 0 Å². The summed E-state index contributed by atoms with van der Waals surface area (Å²) < 4.78 is 0. The number of amides is 2. The third kappa shape index (κ3) is 5.38. The first-order valence-electron chi connectivity index (χ1n) is 9.86. The van der Waals surface area contributed by atoms with Crippen LogP contribution in [0, 0.1) is 13.8 Å². The molecule has 0 bridgehead atoms. The van der Waals surface area contributed by atoms with Gasteiger partial charge in [-0.1, -0.05) is 30.3 Å². The van der Waals surface area contributed by atoms with E-state index in [-0.39, 0.29) is 11.8 Å². The van der Waals surface area contributed by atoms with E-state index in [4.69, 9.17) is 0 Å². The van der Waals surface area contributed by atoms with Crippen molar-refractivity contribution >= 4 is 29.3 Å². The molecule has 0 atom stereocenters. The van der Waals surface area contributed by atoms with Crippen molar-refractivity contribution in [1.29, 1.82) is 0 Å². The number of hydrogen-bond donors (Lipinski definition) is 1. The summed E-state index contributed by atoms with van der Waals surface area (Å²) in [6.07, 6.45) is 3.40. The number of carbonyl (C=O) groups excluding carboxylic acids is 2. The molecular weight excluding hydrogens is 368 g/mol. The second-order valence-corrected chi connectivity index (χ2v) is 8.35. The zero-order valence-corrected chi connectivity index (χ0v) is 17.5. The van der Waals surface area contributed by atoms with Crippen LogP contribution in [0.25, 0.3) is 0 Å². The van der Waals surface area contributed by atoms with Crippen molar-refractivity contribution in [3.05, 3.63) is 64.7 Å². The number of hydrogen-bond acceptors (Lipinski definition) is 3. The largest absolute Gasteiger partial charge is 0.339 e. The van der Waals surface area contributed by atoms with Crippen molar-refractivity contribution in [3.8, 4) is 0 Å². The van der Waals surface area contributed by atoms with Gasteiger partial charge in [0.05, 0.1) is 5.75 Å². The molecule has 2 aromatic carbocycles. The fraction of sp³-hybridized carbons (Fsp3) is 0.391. The topological polar surface area (TPSA) is 49.4 Å². The van der Waals surface area contributed by atoms with Crippen LogP contribution in [-0.2, 0) is 10.5 Å². The summed E-state index contributed by atoms with van der Waals surface area (Å²) >= 11 is 1.56. The molecule has 0 saturated carbocycles. The van der Waals surface area contributed by atoms with Gasteiger partial charge in [0.25, 0.3) is 5.91 Å². The fourth-order valence-corrected chi connectivity index (χ4v) is 4.30. The number of para-hydroxylation sites is 1. The number of aryl methyl sites for hydroxylation is 2. The maximum atomic E-state index is 12.7. The number of likely N-dealkylation sites (tertiary alicyclic amines) is 1. The van der Waals surface area contributed by atoms with Crippen molar-refractivity contribution in [2.75, 3.05) is 24.2 Å². The van der Waals surface area contributed by atoms with E-state index < -0.39 is 0 Å². The number of piperidine rings is 1. The summed E-state index contributed by atoms with van der Waals surface area (Å²) in [5.41, 5.74) is 4.87. The molecule has 1 aliphatic heterocycles. The molecule has 0 spiro atoms. The summed E-state index contributed by atoms with van der Waals surface area (Å²) in [5, 5.41) is 3.02. The minimum atomic E-state index is 0.00273. The van der Waals surface area contributed by atoms with Crippen LogP contribution in [0.2, 0.25) is 0 Å². The first-order chi connectivity index (χ1) is 13.5. The van der Waals surface area contributed by atoms with Crippen molar-refractivity contribution in [1.82, 2.24) is 4.90 Å². The van der Waals surface area contributed by atoms with E-state index in [1.807, 2.05) is 61.2 Å². The Balaban J connectivity index is 1.52. The molecule has 1 aliphatic rings. The zero-order valence-electron chi connectivity index (χ0n) is 16.7. The predicted molar refractivity (Wildman–Crippen MR) is 117 cm³/mol. The van der Waals surface area contributed by atoms with E-state index in [0.29, 0.717) is 11.5 Å². The van der Waals surface area contributed by atoms with Gasteiger partial charge < -0.3 is 10.2 Å². The summed E-state index contributed by atoms with van der Waals surface area (Å²) in [4.78, 5) is 26.9. The lowest BCUT2D eigenvalue weighted by Gasteiger charge is -2.26. The van der Waals surface area contributed by atoms with Crippen LogP contribution in [0.15, 0.2) is 42.5 Å². The molecule has 3 rings (SSSR count). The lowest BCUT2D eigenvalue weighted by molar-refractivity contribution is -0.113. The first kappa shape index (κ1) is 20.5. The van der Waals surface area contributed by atoms with E-state index in [1.165, 1.54) is 6.42 Å². The van der Waals surface area contributed by atoms with Gasteiger partial charge >= 0.3 is 0 Å². The Morgan fingerprint density at radius 1 is 1.00 bits per heavy atom. The fourth-order valence-electron chi connectivity index (χ4n) is 3.52. The van der Waals surface area contributed by atoms with Crippen molar-refractivity contribution in [2.24, 2.45) is 0 Å². The first-order valence-corrected chi connectivity index (χ1v) is 11.0. The van der Waals surface area contributed by atoms with Crippen LogP contribution in [-0.4, -0.2) is 35.6 Å². The number of benzene rings is 2. The molecular formula is C23H28N2O2S. The molecule has 2 amide bonds. The highest BCUT2D eigenvalue weighted by molar-refractivity contribution is 7.99. The number of thioether (sulfide) groups is 1. The minimum Gasteiger partial charge on any atom is -0.339 e.